The van der Waals surface area contributed by atoms with Gasteiger partial charge in [0.1, 0.15) is 0 Å². The van der Waals surface area contributed by atoms with Gasteiger partial charge in [-0.15, -0.1) is 0 Å². The van der Waals surface area contributed by atoms with Crippen molar-refractivity contribution in [3.63, 3.8) is 0 Å². The topological polar surface area (TPSA) is 73.0 Å². The van der Waals surface area contributed by atoms with Crippen molar-refractivity contribution >= 4 is 17.7 Å². The Hall–Kier alpha value is -1.63. The zero-order valence-corrected chi connectivity index (χ0v) is 16.0. The highest BCUT2D eigenvalue weighted by molar-refractivity contribution is 5.86. The van der Waals surface area contributed by atoms with E-state index < -0.39 is 0 Å². The number of carbonyl (C=O) groups is 3. The van der Waals surface area contributed by atoms with Gasteiger partial charge in [-0.2, -0.15) is 0 Å². The molecule has 0 radical (unpaired) electrons. The summed E-state index contributed by atoms with van der Waals surface area (Å²) >= 11 is 0. The fraction of sp³-hybridized carbons (Fsp3) is 0.833. The van der Waals surface area contributed by atoms with Gasteiger partial charge >= 0.3 is 0 Å². The summed E-state index contributed by atoms with van der Waals surface area (Å²) in [5.41, 5.74) is 0. The van der Waals surface area contributed by atoms with Crippen LogP contribution in [0.15, 0.2) is 0 Å². The van der Waals surface area contributed by atoms with Crippen LogP contribution in [0.3, 0.4) is 0 Å². The Morgan fingerprint density at radius 3 is 2.16 bits per heavy atom. The Morgan fingerprint density at radius 1 is 1.04 bits per heavy atom. The number of piperazine rings is 1. The van der Waals surface area contributed by atoms with Crippen molar-refractivity contribution in [3.05, 3.63) is 0 Å². The molecule has 2 heterocycles. The number of nitrogens with one attached hydrogen (secondary N) is 1. The fourth-order valence-corrected chi connectivity index (χ4v) is 3.89. The van der Waals surface area contributed by atoms with E-state index in [1.165, 1.54) is 0 Å². The van der Waals surface area contributed by atoms with Crippen molar-refractivity contribution in [1.82, 2.24) is 20.0 Å². The van der Waals surface area contributed by atoms with Crippen LogP contribution in [0.2, 0.25) is 0 Å². The molecule has 2 fully saturated rings. The lowest BCUT2D eigenvalue weighted by atomic mass is 10.0. The summed E-state index contributed by atoms with van der Waals surface area (Å²) < 4.78 is 0. The summed E-state index contributed by atoms with van der Waals surface area (Å²) in [7, 11) is 1.66. The Balaban J connectivity index is 2.05. The van der Waals surface area contributed by atoms with E-state index in [9.17, 15) is 14.4 Å². The summed E-state index contributed by atoms with van der Waals surface area (Å²) in [5, 5.41) is 2.75. The first-order valence-corrected chi connectivity index (χ1v) is 9.36. The van der Waals surface area contributed by atoms with E-state index in [2.05, 4.69) is 24.1 Å². The Bertz CT molecular complexity index is 501. The third-order valence-corrected chi connectivity index (χ3v) is 5.26. The van der Waals surface area contributed by atoms with Crippen LogP contribution in [-0.4, -0.2) is 84.3 Å². The van der Waals surface area contributed by atoms with Gasteiger partial charge in [0.2, 0.25) is 17.7 Å². The Kier molecular flexibility index (Phi) is 6.81. The van der Waals surface area contributed by atoms with Gasteiger partial charge in [0.15, 0.2) is 0 Å². The third kappa shape index (κ3) is 4.71. The molecule has 0 aliphatic carbocycles. The van der Waals surface area contributed by atoms with Crippen molar-refractivity contribution in [2.45, 2.75) is 52.1 Å². The van der Waals surface area contributed by atoms with Gasteiger partial charge in [0.25, 0.3) is 0 Å². The number of hydrogen-bond donors (Lipinski definition) is 1. The van der Waals surface area contributed by atoms with Crippen LogP contribution < -0.4 is 5.32 Å². The van der Waals surface area contributed by atoms with E-state index in [4.69, 9.17) is 0 Å². The minimum absolute atomic E-state index is 0.00482. The molecule has 2 saturated heterocycles. The molecule has 0 spiro atoms. The maximum Gasteiger partial charge on any atom is 0.240 e. The number of carbonyl (C=O) groups excluding carboxylic acids is 3. The largest absolute Gasteiger partial charge is 0.358 e. The van der Waals surface area contributed by atoms with E-state index in [1.54, 1.807) is 18.9 Å². The number of rotatable bonds is 5. The summed E-state index contributed by atoms with van der Waals surface area (Å²) in [6.45, 7) is 8.91. The van der Waals surface area contributed by atoms with Crippen LogP contribution >= 0.6 is 0 Å². The average Bonchev–Trinajstić information content (AvgIpc) is 3.07. The SMILES string of the molecule is CNC(=O)[C@@H](CC(C)C)N1CCC[C@H]1C(=O)N1CCN(C(C)=O)CC1. The lowest BCUT2D eigenvalue weighted by Gasteiger charge is -2.38. The zero-order valence-electron chi connectivity index (χ0n) is 16.0. The van der Waals surface area contributed by atoms with Crippen LogP contribution in [-0.2, 0) is 14.4 Å². The van der Waals surface area contributed by atoms with E-state index in [0.717, 1.165) is 25.8 Å². The maximum atomic E-state index is 13.0. The minimum Gasteiger partial charge on any atom is -0.358 e. The molecular formula is C18H32N4O3. The van der Waals surface area contributed by atoms with E-state index in [0.29, 0.717) is 32.1 Å². The first kappa shape index (κ1) is 19.7. The molecule has 1 N–H and O–H groups in total. The fourth-order valence-electron chi connectivity index (χ4n) is 3.89. The van der Waals surface area contributed by atoms with Crippen molar-refractivity contribution in [2.75, 3.05) is 39.8 Å². The molecular weight excluding hydrogens is 320 g/mol. The predicted molar refractivity (Wildman–Crippen MR) is 95.9 cm³/mol. The van der Waals surface area contributed by atoms with E-state index in [-0.39, 0.29) is 29.8 Å². The molecule has 2 aliphatic heterocycles. The van der Waals surface area contributed by atoms with Gasteiger partial charge in [-0.1, -0.05) is 13.8 Å². The van der Waals surface area contributed by atoms with Gasteiger partial charge < -0.3 is 15.1 Å². The summed E-state index contributed by atoms with van der Waals surface area (Å²) in [4.78, 5) is 42.6. The molecule has 7 nitrogen and oxygen atoms in total. The highest BCUT2D eigenvalue weighted by Gasteiger charge is 2.40. The molecule has 7 heteroatoms. The molecule has 0 unspecified atom stereocenters. The predicted octanol–water partition coefficient (Wildman–Crippen LogP) is 0.302. The summed E-state index contributed by atoms with van der Waals surface area (Å²) in [5.74, 6) is 0.553. The van der Waals surface area contributed by atoms with Crippen molar-refractivity contribution in [1.29, 1.82) is 0 Å². The Morgan fingerprint density at radius 2 is 1.64 bits per heavy atom. The minimum atomic E-state index is -0.250. The van der Waals surface area contributed by atoms with Gasteiger partial charge in [0.05, 0.1) is 12.1 Å². The number of hydrogen-bond acceptors (Lipinski definition) is 4. The van der Waals surface area contributed by atoms with Crippen molar-refractivity contribution in [3.8, 4) is 0 Å². The van der Waals surface area contributed by atoms with Gasteiger partial charge in [-0.05, 0) is 31.7 Å². The first-order valence-electron chi connectivity index (χ1n) is 9.36. The molecule has 3 amide bonds. The van der Waals surface area contributed by atoms with Crippen LogP contribution in [0.4, 0.5) is 0 Å². The summed E-state index contributed by atoms with van der Waals surface area (Å²) in [6, 6.07) is -0.468. The molecule has 2 aliphatic rings. The summed E-state index contributed by atoms with van der Waals surface area (Å²) in [6.07, 6.45) is 2.49. The second-order valence-corrected chi connectivity index (χ2v) is 7.49. The van der Waals surface area contributed by atoms with Gasteiger partial charge in [0, 0.05) is 40.2 Å². The van der Waals surface area contributed by atoms with E-state index in [1.807, 2.05) is 4.90 Å². The zero-order chi connectivity index (χ0) is 18.6. The van der Waals surface area contributed by atoms with Crippen LogP contribution in [0.5, 0.6) is 0 Å². The molecule has 0 aromatic heterocycles. The molecule has 25 heavy (non-hydrogen) atoms. The lowest BCUT2D eigenvalue weighted by molar-refractivity contribution is -0.143. The second-order valence-electron chi connectivity index (χ2n) is 7.49. The average molecular weight is 352 g/mol. The molecule has 0 aromatic carbocycles. The number of likely N-dealkylation sites (N-methyl/N-ethyl adjacent to an activating group) is 1. The molecule has 0 aromatic rings. The highest BCUT2D eigenvalue weighted by atomic mass is 16.2. The molecule has 0 saturated carbocycles. The van der Waals surface area contributed by atoms with Crippen molar-refractivity contribution in [2.24, 2.45) is 5.92 Å². The molecule has 0 bridgehead atoms. The molecule has 142 valence electrons. The third-order valence-electron chi connectivity index (χ3n) is 5.26. The van der Waals surface area contributed by atoms with Crippen molar-refractivity contribution < 1.29 is 14.4 Å². The highest BCUT2D eigenvalue weighted by Crippen LogP contribution is 2.25. The van der Waals surface area contributed by atoms with Gasteiger partial charge in [-0.25, -0.2) is 0 Å². The smallest absolute Gasteiger partial charge is 0.240 e. The quantitative estimate of drug-likeness (QED) is 0.773. The Labute approximate surface area is 150 Å². The standard InChI is InChI=1S/C18H32N4O3/c1-13(2)12-16(17(24)19-4)22-7-5-6-15(22)18(25)21-10-8-20(9-11-21)14(3)23/h13,15-16H,5-12H2,1-4H3,(H,19,24)/t15-,16+/m0/s1. The van der Waals surface area contributed by atoms with E-state index >= 15 is 0 Å². The molecule has 2 atom stereocenters. The molecule has 2 rings (SSSR count). The number of nitrogens with zero attached hydrogens (tertiary/aromatic N) is 3. The normalized spacial score (nSPS) is 23.0. The van der Waals surface area contributed by atoms with Crippen LogP contribution in [0.25, 0.3) is 0 Å². The van der Waals surface area contributed by atoms with Gasteiger partial charge in [-0.3, -0.25) is 19.3 Å². The maximum absolute atomic E-state index is 13.0. The van der Waals surface area contributed by atoms with Crippen LogP contribution in [0, 0.1) is 5.92 Å². The first-order chi connectivity index (χ1) is 11.8. The monoisotopic (exact) mass is 352 g/mol. The van der Waals surface area contributed by atoms with Crippen LogP contribution in [0.1, 0.15) is 40.0 Å². The lowest BCUT2D eigenvalue weighted by Crippen LogP contribution is -2.57. The number of amides is 3. The second kappa shape index (κ2) is 8.65. The number of likely N-dealkylation sites (tertiary alicyclic amines) is 1.